The van der Waals surface area contributed by atoms with Gasteiger partial charge in [-0.15, -0.1) is 0 Å². The number of hydrogen-bond acceptors (Lipinski definition) is 4. The van der Waals surface area contributed by atoms with Crippen molar-refractivity contribution in [3.8, 4) is 0 Å². The van der Waals surface area contributed by atoms with Crippen molar-refractivity contribution in [3.63, 3.8) is 0 Å². The molecule has 0 unspecified atom stereocenters. The fraction of sp³-hybridized carbons (Fsp3) is 0.615. The Balaban J connectivity index is 1.84. The van der Waals surface area contributed by atoms with Crippen LogP contribution < -0.4 is 5.32 Å². The number of rotatable bonds is 5. The molecule has 0 spiro atoms. The Morgan fingerprint density at radius 2 is 2.17 bits per heavy atom. The molecule has 0 radical (unpaired) electrons. The minimum atomic E-state index is -0.597. The third-order valence-corrected chi connectivity index (χ3v) is 4.40. The molecular formula is C13H21N3OS. The average molecular weight is 267 g/mol. The maximum absolute atomic E-state index is 11.3. The molecule has 1 aromatic rings. The van der Waals surface area contributed by atoms with Gasteiger partial charge in [0.05, 0.1) is 5.69 Å². The van der Waals surface area contributed by atoms with Crippen LogP contribution in [0, 0.1) is 0 Å². The molecular weight excluding hydrogens is 246 g/mol. The Kier molecular flexibility index (Phi) is 5.28. The Morgan fingerprint density at radius 3 is 2.78 bits per heavy atom. The summed E-state index contributed by atoms with van der Waals surface area (Å²) >= 11 is 0. The van der Waals surface area contributed by atoms with Crippen molar-refractivity contribution in [2.24, 2.45) is 0 Å². The largest absolute Gasteiger partial charge is 0.313 e. The predicted octanol–water partition coefficient (Wildman–Crippen LogP) is 0.755. The molecule has 1 N–H and O–H groups in total. The van der Waals surface area contributed by atoms with Crippen molar-refractivity contribution in [1.29, 1.82) is 0 Å². The van der Waals surface area contributed by atoms with Crippen LogP contribution in [-0.2, 0) is 23.9 Å². The van der Waals surface area contributed by atoms with Crippen molar-refractivity contribution in [2.75, 3.05) is 31.1 Å². The summed E-state index contributed by atoms with van der Waals surface area (Å²) < 4.78 is 11.3. The number of hydrogen-bond donors (Lipinski definition) is 1. The van der Waals surface area contributed by atoms with Gasteiger partial charge < -0.3 is 5.32 Å². The van der Waals surface area contributed by atoms with E-state index in [9.17, 15) is 4.21 Å². The highest BCUT2D eigenvalue weighted by Crippen LogP contribution is 2.07. The molecule has 0 atom stereocenters. The quantitative estimate of drug-likeness (QED) is 0.855. The highest BCUT2D eigenvalue weighted by atomic mass is 32.2. The van der Waals surface area contributed by atoms with E-state index in [1.165, 1.54) is 5.56 Å². The number of nitrogens with one attached hydrogen (secondary N) is 1. The van der Waals surface area contributed by atoms with Crippen LogP contribution in [0.5, 0.6) is 0 Å². The van der Waals surface area contributed by atoms with E-state index < -0.39 is 10.8 Å². The van der Waals surface area contributed by atoms with Crippen LogP contribution in [0.2, 0.25) is 0 Å². The summed E-state index contributed by atoms with van der Waals surface area (Å²) in [5, 5.41) is 3.29. The summed E-state index contributed by atoms with van der Waals surface area (Å²) in [6, 6.07) is 4.23. The van der Waals surface area contributed by atoms with E-state index in [1.807, 2.05) is 6.20 Å². The van der Waals surface area contributed by atoms with Crippen molar-refractivity contribution in [1.82, 2.24) is 15.2 Å². The standard InChI is InChI=1S/C13H21N3OS/c1-2-14-9-12-3-4-13(15-10-12)11-16-5-7-18(17)8-6-16/h3-4,10,14H,2,5-9,11H2,1H3. The lowest BCUT2D eigenvalue weighted by Gasteiger charge is -2.25. The summed E-state index contributed by atoms with van der Waals surface area (Å²) in [4.78, 5) is 6.81. The summed E-state index contributed by atoms with van der Waals surface area (Å²) in [6.07, 6.45) is 1.94. The second kappa shape index (κ2) is 6.97. The SMILES string of the molecule is CCNCc1ccc(CN2CCS(=O)CC2)nc1. The van der Waals surface area contributed by atoms with Gasteiger partial charge in [-0.3, -0.25) is 14.1 Å². The average Bonchev–Trinajstić information content (AvgIpc) is 2.41. The maximum atomic E-state index is 11.3. The van der Waals surface area contributed by atoms with Gasteiger partial charge in [0.1, 0.15) is 0 Å². The zero-order valence-corrected chi connectivity index (χ0v) is 11.7. The van der Waals surface area contributed by atoms with Crippen LogP contribution in [0.4, 0.5) is 0 Å². The first-order valence-corrected chi connectivity index (χ1v) is 7.98. The van der Waals surface area contributed by atoms with Gasteiger partial charge in [0.2, 0.25) is 0 Å². The molecule has 4 nitrogen and oxygen atoms in total. The van der Waals surface area contributed by atoms with Crippen LogP contribution in [0.1, 0.15) is 18.2 Å². The monoisotopic (exact) mass is 267 g/mol. The van der Waals surface area contributed by atoms with E-state index in [0.717, 1.165) is 49.9 Å². The van der Waals surface area contributed by atoms with E-state index in [0.29, 0.717) is 0 Å². The molecule has 5 heteroatoms. The Hall–Kier alpha value is -0.780. The summed E-state index contributed by atoms with van der Waals surface area (Å²) in [5.41, 5.74) is 2.32. The normalized spacial score (nSPS) is 18.1. The molecule has 2 heterocycles. The highest BCUT2D eigenvalue weighted by Gasteiger charge is 2.15. The van der Waals surface area contributed by atoms with Gasteiger partial charge in [-0.05, 0) is 18.2 Å². The van der Waals surface area contributed by atoms with Gasteiger partial charge in [-0.2, -0.15) is 0 Å². The fourth-order valence-corrected chi connectivity index (χ4v) is 3.11. The first-order chi connectivity index (χ1) is 8.78. The van der Waals surface area contributed by atoms with E-state index in [1.54, 1.807) is 0 Å². The zero-order valence-electron chi connectivity index (χ0n) is 10.9. The Labute approximate surface area is 111 Å². The molecule has 0 saturated carbocycles. The molecule has 1 aromatic heterocycles. The highest BCUT2D eigenvalue weighted by molar-refractivity contribution is 7.85. The molecule has 0 aromatic carbocycles. The molecule has 0 bridgehead atoms. The van der Waals surface area contributed by atoms with Crippen LogP contribution in [0.25, 0.3) is 0 Å². The summed E-state index contributed by atoms with van der Waals surface area (Å²) in [5.74, 6) is 1.61. The molecule has 0 aliphatic carbocycles. The number of pyridine rings is 1. The van der Waals surface area contributed by atoms with E-state index in [-0.39, 0.29) is 0 Å². The third-order valence-electron chi connectivity index (χ3n) is 3.12. The van der Waals surface area contributed by atoms with E-state index in [2.05, 4.69) is 34.3 Å². The molecule has 2 rings (SSSR count). The van der Waals surface area contributed by atoms with Gasteiger partial charge >= 0.3 is 0 Å². The first-order valence-electron chi connectivity index (χ1n) is 6.50. The lowest BCUT2D eigenvalue weighted by Crippen LogP contribution is -2.37. The smallest absolute Gasteiger partial charge is 0.0544 e. The van der Waals surface area contributed by atoms with Crippen molar-refractivity contribution in [3.05, 3.63) is 29.6 Å². The minimum Gasteiger partial charge on any atom is -0.313 e. The zero-order chi connectivity index (χ0) is 12.8. The molecule has 1 saturated heterocycles. The third kappa shape index (κ3) is 4.15. The van der Waals surface area contributed by atoms with Crippen LogP contribution in [0.3, 0.4) is 0 Å². The van der Waals surface area contributed by atoms with Gasteiger partial charge in [-0.25, -0.2) is 0 Å². The number of nitrogens with zero attached hydrogens (tertiary/aromatic N) is 2. The van der Waals surface area contributed by atoms with Crippen molar-refractivity contribution in [2.45, 2.75) is 20.0 Å². The Morgan fingerprint density at radius 1 is 1.39 bits per heavy atom. The molecule has 18 heavy (non-hydrogen) atoms. The summed E-state index contributed by atoms with van der Waals surface area (Å²) in [6.45, 7) is 6.68. The molecule has 0 amide bonds. The molecule has 1 fully saturated rings. The number of aromatic nitrogens is 1. The first kappa shape index (κ1) is 13.6. The predicted molar refractivity (Wildman–Crippen MR) is 74.8 cm³/mol. The second-order valence-corrected chi connectivity index (χ2v) is 6.26. The van der Waals surface area contributed by atoms with Gasteiger partial charge in [-0.1, -0.05) is 13.0 Å². The lowest BCUT2D eigenvalue weighted by atomic mass is 10.2. The van der Waals surface area contributed by atoms with Crippen LogP contribution in [0.15, 0.2) is 18.3 Å². The van der Waals surface area contributed by atoms with Gasteiger partial charge in [0.25, 0.3) is 0 Å². The van der Waals surface area contributed by atoms with Crippen LogP contribution >= 0.6 is 0 Å². The topological polar surface area (TPSA) is 45.2 Å². The Bertz CT molecular complexity index is 384. The molecule has 1 aliphatic heterocycles. The fourth-order valence-electron chi connectivity index (χ4n) is 1.99. The summed E-state index contributed by atoms with van der Waals surface area (Å²) in [7, 11) is -0.597. The minimum absolute atomic E-state index is 0.597. The second-order valence-electron chi connectivity index (χ2n) is 4.56. The van der Waals surface area contributed by atoms with Crippen molar-refractivity contribution < 1.29 is 4.21 Å². The van der Waals surface area contributed by atoms with Crippen LogP contribution in [-0.4, -0.2) is 45.2 Å². The lowest BCUT2D eigenvalue weighted by molar-refractivity contribution is 0.288. The molecule has 100 valence electrons. The maximum Gasteiger partial charge on any atom is 0.0544 e. The van der Waals surface area contributed by atoms with Crippen molar-refractivity contribution >= 4 is 10.8 Å². The van der Waals surface area contributed by atoms with E-state index in [4.69, 9.17) is 0 Å². The van der Waals surface area contributed by atoms with Gasteiger partial charge in [0.15, 0.2) is 0 Å². The van der Waals surface area contributed by atoms with E-state index >= 15 is 0 Å². The van der Waals surface area contributed by atoms with Gasteiger partial charge in [0, 0.05) is 54.7 Å². The molecule has 1 aliphatic rings.